The number of halogens is 2. The first-order valence-electron chi connectivity index (χ1n) is 10.5. The Bertz CT molecular complexity index is 808. The first kappa shape index (κ1) is 20.8. The molecule has 1 aromatic carbocycles. The van der Waals surface area contributed by atoms with E-state index in [2.05, 4.69) is 62.0 Å². The lowest BCUT2D eigenvalue weighted by Crippen LogP contribution is -2.35. The molecule has 0 aliphatic carbocycles. The number of alkyl halides is 1. The van der Waals surface area contributed by atoms with E-state index in [9.17, 15) is 4.39 Å². The minimum Gasteiger partial charge on any atom is -0.494 e. The Morgan fingerprint density at radius 3 is 2.76 bits per heavy atom. The van der Waals surface area contributed by atoms with E-state index in [0.717, 1.165) is 49.4 Å². The Labute approximate surface area is 181 Å². The molecule has 6 heteroatoms. The van der Waals surface area contributed by atoms with Crippen molar-refractivity contribution in [2.24, 2.45) is 0 Å². The van der Waals surface area contributed by atoms with Gasteiger partial charge in [-0.15, -0.1) is 0 Å². The Kier molecular flexibility index (Phi) is 6.83. The molecule has 1 aromatic heterocycles. The fourth-order valence-electron chi connectivity index (χ4n) is 4.39. The van der Waals surface area contributed by atoms with E-state index in [4.69, 9.17) is 4.74 Å². The maximum absolute atomic E-state index is 13.2. The predicted octanol–water partition coefficient (Wildman–Crippen LogP) is 4.62. The van der Waals surface area contributed by atoms with Crippen LogP contribution in [0.1, 0.15) is 42.0 Å². The van der Waals surface area contributed by atoms with E-state index >= 15 is 0 Å². The maximum atomic E-state index is 13.2. The molecular weight excluding hydrogens is 433 g/mol. The second-order valence-electron chi connectivity index (χ2n) is 8.13. The molecule has 2 aliphatic rings. The fraction of sp³-hybridized carbons (Fsp3) is 0.522. The van der Waals surface area contributed by atoms with Crippen LogP contribution >= 0.6 is 15.9 Å². The third-order valence-corrected chi connectivity index (χ3v) is 6.53. The zero-order valence-electron chi connectivity index (χ0n) is 17.0. The Morgan fingerprint density at radius 1 is 1.17 bits per heavy atom. The summed E-state index contributed by atoms with van der Waals surface area (Å²) in [6.45, 7) is 4.44. The van der Waals surface area contributed by atoms with Crippen molar-refractivity contribution in [2.45, 2.75) is 37.9 Å². The lowest BCUT2D eigenvalue weighted by molar-refractivity contribution is 0.143. The van der Waals surface area contributed by atoms with Crippen LogP contribution < -0.4 is 4.74 Å². The number of ether oxygens (including phenoxy) is 1. The van der Waals surface area contributed by atoms with Gasteiger partial charge < -0.3 is 9.64 Å². The number of nitrogens with zero attached hydrogens (tertiary/aromatic N) is 3. The van der Waals surface area contributed by atoms with Crippen LogP contribution in [-0.2, 0) is 6.42 Å². The molecule has 0 spiro atoms. The summed E-state index contributed by atoms with van der Waals surface area (Å²) in [6, 6.07) is 10.8. The van der Waals surface area contributed by atoms with Crippen molar-refractivity contribution in [3.05, 3.63) is 57.8 Å². The number of benzene rings is 1. The molecule has 29 heavy (non-hydrogen) atoms. The van der Waals surface area contributed by atoms with Gasteiger partial charge in [0.15, 0.2) is 0 Å². The molecule has 0 saturated carbocycles. The molecule has 2 aromatic rings. The van der Waals surface area contributed by atoms with Crippen LogP contribution in [0.25, 0.3) is 0 Å². The number of aromatic nitrogens is 1. The number of rotatable bonds is 6. The van der Waals surface area contributed by atoms with Crippen molar-refractivity contribution in [3.8, 4) is 5.75 Å². The molecule has 3 heterocycles. The highest BCUT2D eigenvalue weighted by molar-refractivity contribution is 9.10. The number of piperidine rings is 1. The van der Waals surface area contributed by atoms with Gasteiger partial charge in [0, 0.05) is 32.4 Å². The smallest absolute Gasteiger partial charge is 0.119 e. The summed E-state index contributed by atoms with van der Waals surface area (Å²) in [5.74, 6) is 0.927. The number of likely N-dealkylation sites (N-methyl/N-ethyl adjacent to an activating group) is 1. The van der Waals surface area contributed by atoms with Crippen molar-refractivity contribution < 1.29 is 9.13 Å². The minimum absolute atomic E-state index is 0.199. The first-order chi connectivity index (χ1) is 14.1. The van der Waals surface area contributed by atoms with Crippen LogP contribution in [0.15, 0.2) is 41.1 Å². The predicted molar refractivity (Wildman–Crippen MR) is 117 cm³/mol. The summed E-state index contributed by atoms with van der Waals surface area (Å²) in [6.07, 6.45) is 4.71. The van der Waals surface area contributed by atoms with Crippen molar-refractivity contribution in [1.29, 1.82) is 0 Å². The van der Waals surface area contributed by atoms with Gasteiger partial charge in [0.1, 0.15) is 16.5 Å². The third kappa shape index (κ3) is 5.16. The molecule has 4 nitrogen and oxygen atoms in total. The van der Waals surface area contributed by atoms with Crippen LogP contribution in [0.3, 0.4) is 0 Å². The largest absolute Gasteiger partial charge is 0.494 e. The number of pyridine rings is 1. The van der Waals surface area contributed by atoms with E-state index in [-0.39, 0.29) is 6.04 Å². The van der Waals surface area contributed by atoms with Gasteiger partial charge >= 0.3 is 0 Å². The van der Waals surface area contributed by atoms with E-state index in [1.807, 2.05) is 12.3 Å². The standard InChI is InChI=1S/C23H29BrFN3O/c1-27-11-7-17-3-5-20(29-14-2-10-28-12-8-19(25)9-13-28)15-21(17)23(27)18-4-6-22(24)26-16-18/h3-6,15-16,19,23H,2,7-14H2,1H3. The monoisotopic (exact) mass is 461 g/mol. The zero-order chi connectivity index (χ0) is 20.2. The van der Waals surface area contributed by atoms with Crippen molar-refractivity contribution >= 4 is 15.9 Å². The normalized spacial score (nSPS) is 21.1. The van der Waals surface area contributed by atoms with E-state index < -0.39 is 6.17 Å². The minimum atomic E-state index is -0.606. The summed E-state index contributed by atoms with van der Waals surface area (Å²) >= 11 is 3.43. The highest BCUT2D eigenvalue weighted by atomic mass is 79.9. The van der Waals surface area contributed by atoms with E-state index in [1.54, 1.807) is 0 Å². The van der Waals surface area contributed by atoms with E-state index in [1.165, 1.54) is 16.7 Å². The maximum Gasteiger partial charge on any atom is 0.119 e. The fourth-order valence-corrected chi connectivity index (χ4v) is 4.63. The van der Waals surface area contributed by atoms with Crippen LogP contribution in [0.5, 0.6) is 5.75 Å². The van der Waals surface area contributed by atoms with Gasteiger partial charge in [0.2, 0.25) is 0 Å². The lowest BCUT2D eigenvalue weighted by atomic mass is 9.89. The molecule has 0 bridgehead atoms. The van der Waals surface area contributed by atoms with Gasteiger partial charge in [-0.3, -0.25) is 4.90 Å². The second-order valence-corrected chi connectivity index (χ2v) is 8.94. The summed E-state index contributed by atoms with van der Waals surface area (Å²) in [7, 11) is 2.17. The molecule has 1 unspecified atom stereocenters. The highest BCUT2D eigenvalue weighted by Crippen LogP contribution is 2.36. The molecule has 156 valence electrons. The molecule has 0 radical (unpaired) electrons. The Balaban J connectivity index is 1.39. The van der Waals surface area contributed by atoms with Crippen LogP contribution in [0.4, 0.5) is 4.39 Å². The molecule has 1 fully saturated rings. The molecule has 0 amide bonds. The Morgan fingerprint density at radius 2 is 2.00 bits per heavy atom. The number of likely N-dealkylation sites (tertiary alicyclic amines) is 1. The second kappa shape index (κ2) is 9.54. The quantitative estimate of drug-likeness (QED) is 0.463. The summed E-state index contributed by atoms with van der Waals surface area (Å²) in [5, 5.41) is 0. The highest BCUT2D eigenvalue weighted by Gasteiger charge is 2.27. The first-order valence-corrected chi connectivity index (χ1v) is 11.3. The van der Waals surface area contributed by atoms with Crippen molar-refractivity contribution in [1.82, 2.24) is 14.8 Å². The number of hydrogen-bond donors (Lipinski definition) is 0. The van der Waals surface area contributed by atoms with Gasteiger partial charge in [-0.05, 0) is 83.6 Å². The SMILES string of the molecule is CN1CCc2ccc(OCCCN3CCC(F)CC3)cc2C1c1ccc(Br)nc1. The average Bonchev–Trinajstić information content (AvgIpc) is 2.73. The zero-order valence-corrected chi connectivity index (χ0v) is 18.6. The Hall–Kier alpha value is -1.50. The van der Waals surface area contributed by atoms with E-state index in [0.29, 0.717) is 19.4 Å². The molecule has 2 aliphatic heterocycles. The van der Waals surface area contributed by atoms with Crippen LogP contribution in [-0.4, -0.2) is 60.8 Å². The third-order valence-electron chi connectivity index (χ3n) is 6.06. The van der Waals surface area contributed by atoms with Crippen molar-refractivity contribution in [2.75, 3.05) is 39.8 Å². The van der Waals surface area contributed by atoms with Gasteiger partial charge in [0.05, 0.1) is 12.6 Å². The van der Waals surface area contributed by atoms with Gasteiger partial charge in [-0.1, -0.05) is 12.1 Å². The average molecular weight is 462 g/mol. The topological polar surface area (TPSA) is 28.6 Å². The van der Waals surface area contributed by atoms with Gasteiger partial charge in [-0.25, -0.2) is 9.37 Å². The molecule has 0 N–H and O–H groups in total. The van der Waals surface area contributed by atoms with Crippen LogP contribution in [0, 0.1) is 0 Å². The molecule has 1 saturated heterocycles. The number of fused-ring (bicyclic) bond motifs is 1. The number of hydrogen-bond acceptors (Lipinski definition) is 4. The summed E-state index contributed by atoms with van der Waals surface area (Å²) in [4.78, 5) is 9.15. The summed E-state index contributed by atoms with van der Waals surface area (Å²) < 4.78 is 20.2. The van der Waals surface area contributed by atoms with Gasteiger partial charge in [0.25, 0.3) is 0 Å². The summed E-state index contributed by atoms with van der Waals surface area (Å²) in [5.41, 5.74) is 3.90. The molecular formula is C23H29BrFN3O. The van der Waals surface area contributed by atoms with Crippen molar-refractivity contribution in [3.63, 3.8) is 0 Å². The van der Waals surface area contributed by atoms with Crippen LogP contribution in [0.2, 0.25) is 0 Å². The van der Waals surface area contributed by atoms with Gasteiger partial charge in [-0.2, -0.15) is 0 Å². The molecule has 1 atom stereocenters. The molecule has 4 rings (SSSR count). The lowest BCUT2D eigenvalue weighted by Gasteiger charge is -2.35.